The van der Waals surface area contributed by atoms with Crippen molar-refractivity contribution in [2.45, 2.75) is 10.4 Å². The van der Waals surface area contributed by atoms with Crippen LogP contribution in [0.3, 0.4) is 0 Å². The molecule has 7 nitrogen and oxygen atoms in total. The summed E-state index contributed by atoms with van der Waals surface area (Å²) in [5.41, 5.74) is 3.82. The van der Waals surface area contributed by atoms with Crippen LogP contribution in [0.1, 0.15) is 10.8 Å². The van der Waals surface area contributed by atoms with Crippen LogP contribution >= 0.6 is 11.8 Å². The molecule has 2 N–H and O–H groups in total. The van der Waals surface area contributed by atoms with Crippen molar-refractivity contribution >= 4 is 23.7 Å². The number of thioether (sulfide) groups is 1. The lowest BCUT2D eigenvalue weighted by molar-refractivity contribution is -0.119. The predicted molar refractivity (Wildman–Crippen MR) is 128 cm³/mol. The minimum absolute atomic E-state index is 0.328. The molecule has 0 saturated heterocycles. The quantitative estimate of drug-likeness (QED) is 0.416. The van der Waals surface area contributed by atoms with Crippen molar-refractivity contribution in [1.29, 1.82) is 0 Å². The van der Waals surface area contributed by atoms with E-state index in [1.54, 1.807) is 0 Å². The number of rotatable bonds is 6. The number of hydrogen-bond acceptors (Lipinski definition) is 6. The number of benzene rings is 3. The van der Waals surface area contributed by atoms with Crippen LogP contribution in [0.15, 0.2) is 96.2 Å². The second-order valence-corrected chi connectivity index (χ2v) is 8.07. The van der Waals surface area contributed by atoms with Gasteiger partial charge in [-0.15, -0.1) is 10.2 Å². The van der Waals surface area contributed by atoms with E-state index in [1.807, 2.05) is 91.0 Å². The number of aromatic nitrogens is 3. The highest BCUT2D eigenvalue weighted by Gasteiger charge is 2.26. The normalized spacial score (nSPS) is 11.4. The average Bonchev–Trinajstić information content (AvgIpc) is 2.88. The molecule has 4 aromatic rings. The first kappa shape index (κ1) is 22.2. The summed E-state index contributed by atoms with van der Waals surface area (Å²) in [5.74, 6) is -0.470. The van der Waals surface area contributed by atoms with Gasteiger partial charge in [0, 0.05) is 18.2 Å². The molecule has 3 aromatic carbocycles. The molecule has 1 aromatic heterocycles. The van der Waals surface area contributed by atoms with Crippen molar-refractivity contribution in [1.82, 2.24) is 25.8 Å². The van der Waals surface area contributed by atoms with Crippen molar-refractivity contribution in [3.05, 3.63) is 96.6 Å². The Morgan fingerprint density at radius 2 is 1.30 bits per heavy atom. The van der Waals surface area contributed by atoms with E-state index in [-0.39, 0.29) is 0 Å². The number of nitrogens with zero attached hydrogens (tertiary/aromatic N) is 3. The third-order valence-corrected chi connectivity index (χ3v) is 5.89. The second-order valence-electron chi connectivity index (χ2n) is 7.00. The predicted octanol–water partition coefficient (Wildman–Crippen LogP) is 4.49. The summed E-state index contributed by atoms with van der Waals surface area (Å²) in [6, 6.07) is 28.0. The van der Waals surface area contributed by atoms with Crippen molar-refractivity contribution in [2.75, 3.05) is 7.05 Å². The van der Waals surface area contributed by atoms with Gasteiger partial charge in [-0.3, -0.25) is 10.1 Å². The first-order valence-corrected chi connectivity index (χ1v) is 11.1. The number of nitrogens with one attached hydrogen (secondary N) is 2. The first-order valence-electron chi connectivity index (χ1n) is 10.3. The Balaban J connectivity index is 1.74. The molecular weight excluding hydrogens is 434 g/mol. The summed E-state index contributed by atoms with van der Waals surface area (Å²) in [6.07, 6.45) is 0. The lowest BCUT2D eigenvalue weighted by atomic mass is 10.0. The highest BCUT2D eigenvalue weighted by atomic mass is 32.2. The molecule has 4 rings (SSSR count). The van der Waals surface area contributed by atoms with Gasteiger partial charge in [-0.2, -0.15) is 0 Å². The molecule has 0 aliphatic heterocycles. The topological polar surface area (TPSA) is 96.9 Å². The van der Waals surface area contributed by atoms with Crippen LogP contribution in [-0.2, 0) is 4.79 Å². The fourth-order valence-corrected chi connectivity index (χ4v) is 4.10. The number of amides is 3. The standard InChI is InChI=1S/C25H21N5O2S/c1-26-24(32)28-23(31)22(19-15-9-4-10-16-19)33-25-27-20(17-11-5-2-6-12-17)21(29-30-25)18-13-7-3-8-14-18/h2-16,22H,1H3,(H2,26,28,31,32). The van der Waals surface area contributed by atoms with E-state index in [4.69, 9.17) is 4.98 Å². The van der Waals surface area contributed by atoms with Gasteiger partial charge in [0.25, 0.3) is 0 Å². The van der Waals surface area contributed by atoms with Crippen LogP contribution in [0.5, 0.6) is 0 Å². The smallest absolute Gasteiger partial charge is 0.321 e. The zero-order valence-electron chi connectivity index (χ0n) is 17.8. The summed E-state index contributed by atoms with van der Waals surface area (Å²) in [7, 11) is 1.45. The maximum atomic E-state index is 12.9. The van der Waals surface area contributed by atoms with E-state index in [0.717, 1.165) is 28.5 Å². The Labute approximate surface area is 195 Å². The van der Waals surface area contributed by atoms with Gasteiger partial charge >= 0.3 is 6.03 Å². The van der Waals surface area contributed by atoms with Gasteiger partial charge in [0.2, 0.25) is 11.1 Å². The molecule has 0 spiro atoms. The largest absolute Gasteiger partial charge is 0.341 e. The van der Waals surface area contributed by atoms with Crippen LogP contribution in [0.2, 0.25) is 0 Å². The average molecular weight is 456 g/mol. The van der Waals surface area contributed by atoms with E-state index in [1.165, 1.54) is 7.05 Å². The van der Waals surface area contributed by atoms with Gasteiger partial charge in [-0.05, 0) is 5.56 Å². The van der Waals surface area contributed by atoms with Gasteiger partial charge in [-0.25, -0.2) is 9.78 Å². The van der Waals surface area contributed by atoms with Crippen LogP contribution < -0.4 is 10.6 Å². The van der Waals surface area contributed by atoms with Crippen molar-refractivity contribution < 1.29 is 9.59 Å². The maximum Gasteiger partial charge on any atom is 0.321 e. The molecule has 0 radical (unpaired) electrons. The van der Waals surface area contributed by atoms with E-state index in [9.17, 15) is 9.59 Å². The van der Waals surface area contributed by atoms with Gasteiger partial charge < -0.3 is 5.32 Å². The molecule has 3 amide bonds. The van der Waals surface area contributed by atoms with Crippen LogP contribution in [0.4, 0.5) is 4.79 Å². The number of imide groups is 1. The zero-order valence-corrected chi connectivity index (χ0v) is 18.6. The monoisotopic (exact) mass is 455 g/mol. The van der Waals surface area contributed by atoms with E-state index >= 15 is 0 Å². The fourth-order valence-electron chi connectivity index (χ4n) is 3.19. The molecule has 0 aliphatic carbocycles. The highest BCUT2D eigenvalue weighted by Crippen LogP contribution is 2.36. The van der Waals surface area contributed by atoms with Crippen LogP contribution in [-0.4, -0.2) is 34.2 Å². The molecular formula is C25H21N5O2S. The third-order valence-electron chi connectivity index (χ3n) is 4.79. The van der Waals surface area contributed by atoms with Crippen molar-refractivity contribution in [3.8, 4) is 22.5 Å². The molecule has 1 atom stereocenters. The fraction of sp³-hybridized carbons (Fsp3) is 0.0800. The SMILES string of the molecule is CNC(=O)NC(=O)C(Sc1nnc(-c2ccccc2)c(-c2ccccc2)n1)c1ccccc1. The van der Waals surface area contributed by atoms with Crippen molar-refractivity contribution in [2.24, 2.45) is 0 Å². The number of hydrogen-bond donors (Lipinski definition) is 2. The second kappa shape index (κ2) is 10.5. The minimum atomic E-state index is -0.739. The molecule has 0 fully saturated rings. The number of carbonyl (C=O) groups excluding carboxylic acids is 2. The molecule has 0 bridgehead atoms. The molecule has 1 unspecified atom stereocenters. The van der Waals surface area contributed by atoms with Crippen LogP contribution in [0.25, 0.3) is 22.5 Å². The molecule has 164 valence electrons. The Morgan fingerprint density at radius 3 is 1.88 bits per heavy atom. The summed E-state index contributed by atoms with van der Waals surface area (Å²) in [4.78, 5) is 29.4. The Hall–Kier alpha value is -4.04. The number of urea groups is 1. The van der Waals surface area contributed by atoms with Gasteiger partial charge in [0.1, 0.15) is 16.6 Å². The molecule has 33 heavy (non-hydrogen) atoms. The maximum absolute atomic E-state index is 12.9. The van der Waals surface area contributed by atoms with Crippen LogP contribution in [0, 0.1) is 0 Å². The first-order chi connectivity index (χ1) is 16.2. The van der Waals surface area contributed by atoms with E-state index in [0.29, 0.717) is 16.5 Å². The Kier molecular flexibility index (Phi) is 7.06. The summed E-state index contributed by atoms with van der Waals surface area (Å²) in [5, 5.41) is 13.1. The minimum Gasteiger partial charge on any atom is -0.341 e. The Morgan fingerprint density at radius 1 is 0.758 bits per heavy atom. The molecule has 0 aliphatic rings. The number of carbonyl (C=O) groups is 2. The van der Waals surface area contributed by atoms with E-state index < -0.39 is 17.2 Å². The molecule has 1 heterocycles. The lowest BCUT2D eigenvalue weighted by Gasteiger charge is -2.16. The van der Waals surface area contributed by atoms with Gasteiger partial charge in [-0.1, -0.05) is 103 Å². The lowest BCUT2D eigenvalue weighted by Crippen LogP contribution is -2.39. The molecule has 0 saturated carbocycles. The van der Waals surface area contributed by atoms with Gasteiger partial charge in [0.05, 0.1) is 0 Å². The van der Waals surface area contributed by atoms with Crippen molar-refractivity contribution in [3.63, 3.8) is 0 Å². The molecule has 8 heteroatoms. The zero-order chi connectivity index (χ0) is 23.0. The highest BCUT2D eigenvalue weighted by molar-refractivity contribution is 8.00. The summed E-state index contributed by atoms with van der Waals surface area (Å²) < 4.78 is 0. The third kappa shape index (κ3) is 5.42. The van der Waals surface area contributed by atoms with E-state index in [2.05, 4.69) is 20.8 Å². The summed E-state index contributed by atoms with van der Waals surface area (Å²) in [6.45, 7) is 0. The Bertz CT molecular complexity index is 1240. The summed E-state index contributed by atoms with van der Waals surface area (Å²) >= 11 is 1.14. The van der Waals surface area contributed by atoms with Gasteiger partial charge in [0.15, 0.2) is 0 Å².